The van der Waals surface area contributed by atoms with E-state index in [0.29, 0.717) is 0 Å². The molecule has 13 heavy (non-hydrogen) atoms. The van der Waals surface area contributed by atoms with E-state index in [9.17, 15) is 0 Å². The number of rotatable bonds is 4. The Morgan fingerprint density at radius 3 is 2.31 bits per heavy atom. The Kier molecular flexibility index (Phi) is 3.47. The normalized spacial score (nSPS) is 26.5. The summed E-state index contributed by atoms with van der Waals surface area (Å²) in [6.45, 7) is 6.28. The van der Waals surface area contributed by atoms with Crippen LogP contribution in [0.2, 0.25) is 0 Å². The fourth-order valence-corrected chi connectivity index (χ4v) is 2.19. The summed E-state index contributed by atoms with van der Waals surface area (Å²) in [5, 5.41) is 0. The van der Waals surface area contributed by atoms with Gasteiger partial charge in [-0.15, -0.1) is 11.6 Å². The molecule has 0 aromatic heterocycles. The van der Waals surface area contributed by atoms with E-state index in [4.69, 9.17) is 11.6 Å². The van der Waals surface area contributed by atoms with Crippen LogP contribution in [0.5, 0.6) is 0 Å². The highest BCUT2D eigenvalue weighted by atomic mass is 35.5. The molecule has 1 heterocycles. The zero-order valence-corrected chi connectivity index (χ0v) is 8.97. The van der Waals surface area contributed by atoms with E-state index >= 15 is 0 Å². The Morgan fingerprint density at radius 1 is 1.08 bits per heavy atom. The average molecular weight is 203 g/mol. The van der Waals surface area contributed by atoms with Gasteiger partial charge in [0, 0.05) is 38.1 Å². The van der Waals surface area contributed by atoms with E-state index in [0.717, 1.165) is 18.3 Å². The van der Waals surface area contributed by atoms with Gasteiger partial charge in [0.1, 0.15) is 0 Å². The number of hydrogen-bond acceptors (Lipinski definition) is 2. The quantitative estimate of drug-likeness (QED) is 0.636. The molecular weight excluding hydrogens is 184 g/mol. The lowest BCUT2D eigenvalue weighted by Crippen LogP contribution is -2.47. The first-order valence-electron chi connectivity index (χ1n) is 5.42. The summed E-state index contributed by atoms with van der Waals surface area (Å²) < 4.78 is 0. The first kappa shape index (κ1) is 9.75. The predicted molar refractivity (Wildman–Crippen MR) is 56.4 cm³/mol. The monoisotopic (exact) mass is 202 g/mol. The van der Waals surface area contributed by atoms with Crippen molar-refractivity contribution in [2.24, 2.45) is 0 Å². The first-order valence-corrected chi connectivity index (χ1v) is 5.96. The van der Waals surface area contributed by atoms with Gasteiger partial charge in [0.05, 0.1) is 0 Å². The summed E-state index contributed by atoms with van der Waals surface area (Å²) in [6, 6.07) is 0.954. The van der Waals surface area contributed by atoms with Crippen LogP contribution in [0, 0.1) is 0 Å². The molecule has 3 heteroatoms. The van der Waals surface area contributed by atoms with Crippen molar-refractivity contribution < 1.29 is 0 Å². The fourth-order valence-electron chi connectivity index (χ4n) is 2.08. The second-order valence-electron chi connectivity index (χ2n) is 4.15. The van der Waals surface area contributed by atoms with Crippen molar-refractivity contribution in [1.82, 2.24) is 9.80 Å². The zero-order chi connectivity index (χ0) is 9.10. The molecule has 1 aliphatic carbocycles. The van der Waals surface area contributed by atoms with Gasteiger partial charge in [-0.25, -0.2) is 0 Å². The Morgan fingerprint density at radius 2 is 1.77 bits per heavy atom. The van der Waals surface area contributed by atoms with Crippen molar-refractivity contribution in [2.45, 2.75) is 25.3 Å². The van der Waals surface area contributed by atoms with Gasteiger partial charge in [0.15, 0.2) is 0 Å². The van der Waals surface area contributed by atoms with Crippen LogP contribution in [0.4, 0.5) is 0 Å². The minimum absolute atomic E-state index is 0.808. The van der Waals surface area contributed by atoms with Crippen LogP contribution in [-0.2, 0) is 0 Å². The number of alkyl halides is 1. The van der Waals surface area contributed by atoms with E-state index in [1.165, 1.54) is 45.6 Å². The molecule has 1 saturated heterocycles. The lowest BCUT2D eigenvalue weighted by Gasteiger charge is -2.34. The summed E-state index contributed by atoms with van der Waals surface area (Å²) in [7, 11) is 0. The summed E-state index contributed by atoms with van der Waals surface area (Å²) in [6.07, 6.45) is 4.04. The molecule has 0 radical (unpaired) electrons. The molecule has 0 atom stereocenters. The van der Waals surface area contributed by atoms with Crippen molar-refractivity contribution in [2.75, 3.05) is 38.6 Å². The van der Waals surface area contributed by atoms with E-state index in [1.54, 1.807) is 0 Å². The average Bonchev–Trinajstić information content (AvgIpc) is 2.99. The van der Waals surface area contributed by atoms with Crippen molar-refractivity contribution in [3.05, 3.63) is 0 Å². The van der Waals surface area contributed by atoms with Crippen LogP contribution in [0.3, 0.4) is 0 Å². The number of halogens is 1. The van der Waals surface area contributed by atoms with Crippen LogP contribution in [0.25, 0.3) is 0 Å². The van der Waals surface area contributed by atoms with Gasteiger partial charge in [-0.2, -0.15) is 0 Å². The number of hydrogen-bond donors (Lipinski definition) is 0. The molecule has 2 rings (SSSR count). The van der Waals surface area contributed by atoms with Gasteiger partial charge in [0.25, 0.3) is 0 Å². The molecule has 0 aromatic rings. The van der Waals surface area contributed by atoms with Crippen LogP contribution in [-0.4, -0.2) is 54.4 Å². The van der Waals surface area contributed by atoms with E-state index in [1.807, 2.05) is 0 Å². The third-order valence-corrected chi connectivity index (χ3v) is 3.35. The largest absolute Gasteiger partial charge is 0.301 e. The summed E-state index contributed by atoms with van der Waals surface area (Å²) in [5.74, 6) is 0.808. The highest BCUT2D eigenvalue weighted by Crippen LogP contribution is 2.27. The van der Waals surface area contributed by atoms with E-state index in [-0.39, 0.29) is 0 Å². The summed E-state index contributed by atoms with van der Waals surface area (Å²) in [4.78, 5) is 5.19. The molecule has 2 aliphatic rings. The maximum atomic E-state index is 5.67. The lowest BCUT2D eigenvalue weighted by molar-refractivity contribution is 0.127. The van der Waals surface area contributed by atoms with Crippen LogP contribution < -0.4 is 0 Å². The van der Waals surface area contributed by atoms with Crippen LogP contribution >= 0.6 is 11.6 Å². The molecule has 0 unspecified atom stereocenters. The Hall–Kier alpha value is 0.210. The highest BCUT2D eigenvalue weighted by Gasteiger charge is 2.30. The lowest BCUT2D eigenvalue weighted by atomic mass is 10.3. The molecule has 0 N–H and O–H groups in total. The molecule has 0 bridgehead atoms. The first-order chi connectivity index (χ1) is 6.40. The van der Waals surface area contributed by atoms with Crippen LogP contribution in [0.15, 0.2) is 0 Å². The standard InChI is InChI=1S/C10H19ClN2/c11-4-1-5-12-6-8-13(9-7-12)10-2-3-10/h10H,1-9H2. The topological polar surface area (TPSA) is 6.48 Å². The van der Waals surface area contributed by atoms with Gasteiger partial charge < -0.3 is 4.90 Å². The Balaban J connectivity index is 1.63. The van der Waals surface area contributed by atoms with Crippen molar-refractivity contribution in [1.29, 1.82) is 0 Å². The number of nitrogens with zero attached hydrogens (tertiary/aromatic N) is 2. The summed E-state index contributed by atoms with van der Waals surface area (Å²) >= 11 is 5.67. The molecule has 76 valence electrons. The number of piperazine rings is 1. The molecule has 2 nitrogen and oxygen atoms in total. The van der Waals surface area contributed by atoms with Gasteiger partial charge in [0.2, 0.25) is 0 Å². The summed E-state index contributed by atoms with van der Waals surface area (Å²) in [5.41, 5.74) is 0. The van der Waals surface area contributed by atoms with E-state index < -0.39 is 0 Å². The minimum Gasteiger partial charge on any atom is -0.301 e. The molecule has 0 aromatic carbocycles. The molecule has 0 amide bonds. The molecular formula is C10H19ClN2. The molecule has 1 aliphatic heterocycles. The molecule has 2 fully saturated rings. The maximum Gasteiger partial charge on any atom is 0.0235 e. The van der Waals surface area contributed by atoms with Crippen LogP contribution in [0.1, 0.15) is 19.3 Å². The zero-order valence-electron chi connectivity index (χ0n) is 8.21. The van der Waals surface area contributed by atoms with Gasteiger partial charge in [-0.3, -0.25) is 4.90 Å². The third-order valence-electron chi connectivity index (χ3n) is 3.08. The Bertz CT molecular complexity index is 151. The molecule has 0 spiro atoms. The van der Waals surface area contributed by atoms with Gasteiger partial charge >= 0.3 is 0 Å². The second-order valence-corrected chi connectivity index (χ2v) is 4.53. The maximum absolute atomic E-state index is 5.67. The highest BCUT2D eigenvalue weighted by molar-refractivity contribution is 6.17. The minimum atomic E-state index is 0.808. The van der Waals surface area contributed by atoms with Crippen molar-refractivity contribution in [3.8, 4) is 0 Å². The van der Waals surface area contributed by atoms with Crippen molar-refractivity contribution in [3.63, 3.8) is 0 Å². The van der Waals surface area contributed by atoms with E-state index in [2.05, 4.69) is 9.80 Å². The van der Waals surface area contributed by atoms with Crippen molar-refractivity contribution >= 4 is 11.6 Å². The second kappa shape index (κ2) is 4.63. The Labute approximate surface area is 85.8 Å². The van der Waals surface area contributed by atoms with Gasteiger partial charge in [-0.05, 0) is 25.8 Å². The fraction of sp³-hybridized carbons (Fsp3) is 1.00. The molecule has 1 saturated carbocycles. The predicted octanol–water partition coefficient (Wildman–Crippen LogP) is 1.40. The third kappa shape index (κ3) is 2.83. The van der Waals surface area contributed by atoms with Gasteiger partial charge in [-0.1, -0.05) is 0 Å². The SMILES string of the molecule is ClCCCN1CCN(C2CC2)CC1. The smallest absolute Gasteiger partial charge is 0.0235 e.